The summed E-state index contributed by atoms with van der Waals surface area (Å²) in [6.45, 7) is 2.93. The van der Waals surface area contributed by atoms with Crippen LogP contribution in [0.2, 0.25) is 10.0 Å². The Labute approximate surface area is 159 Å². The number of fused-ring (bicyclic) bond motifs is 1. The van der Waals surface area contributed by atoms with Crippen LogP contribution in [0, 0.1) is 13.8 Å². The highest BCUT2D eigenvalue weighted by molar-refractivity contribution is 6.36. The molecule has 0 aliphatic rings. The molecule has 0 bridgehead atoms. The van der Waals surface area contributed by atoms with Crippen LogP contribution in [0.25, 0.3) is 11.0 Å². The Bertz CT molecular complexity index is 1010. The lowest BCUT2D eigenvalue weighted by molar-refractivity contribution is -0.119. The predicted molar refractivity (Wildman–Crippen MR) is 98.9 cm³/mol. The molecule has 0 aliphatic heterocycles. The topological polar surface area (TPSA) is 81.4 Å². The van der Waals surface area contributed by atoms with E-state index in [1.165, 1.54) is 6.07 Å². The normalized spacial score (nSPS) is 10.8. The third-order valence-corrected chi connectivity index (χ3v) is 4.40. The number of esters is 1. The number of hydrogen-bond acceptors (Lipinski definition) is 5. The number of carbonyl (C=O) groups is 2. The third kappa shape index (κ3) is 3.66. The van der Waals surface area contributed by atoms with Gasteiger partial charge in [0, 0.05) is 10.9 Å². The van der Waals surface area contributed by atoms with Crippen molar-refractivity contribution in [1.29, 1.82) is 0 Å². The smallest absolute Gasteiger partial charge is 0.375 e. The summed E-state index contributed by atoms with van der Waals surface area (Å²) in [6, 6.07) is 8.72. The molecule has 0 saturated carbocycles. The number of furan rings is 1. The van der Waals surface area contributed by atoms with Crippen molar-refractivity contribution in [3.8, 4) is 0 Å². The predicted octanol–water partition coefficient (Wildman–Crippen LogP) is 4.55. The Hall–Kier alpha value is -2.57. The van der Waals surface area contributed by atoms with Crippen LogP contribution in [0.4, 0.5) is 5.82 Å². The van der Waals surface area contributed by atoms with Gasteiger partial charge in [0.2, 0.25) is 5.76 Å². The van der Waals surface area contributed by atoms with Crippen molar-refractivity contribution in [2.75, 3.05) is 11.9 Å². The standard InChI is InChI=1S/C18H14Cl2N2O4/c1-9-11-5-3-4-6-14(11)26-16(9)18(24)25-8-15(23)22-17-13(20)7-12(19)10(2)21-17/h3-7H,8H2,1-2H3,(H,21,22,23). The molecule has 134 valence electrons. The molecule has 0 aliphatic carbocycles. The SMILES string of the molecule is Cc1nc(NC(=O)COC(=O)c2oc3ccccc3c2C)c(Cl)cc1Cl. The van der Waals surface area contributed by atoms with Gasteiger partial charge < -0.3 is 14.5 Å². The molecule has 0 spiro atoms. The fraction of sp³-hybridized carbons (Fsp3) is 0.167. The summed E-state index contributed by atoms with van der Waals surface area (Å²) in [5, 5.41) is 3.87. The maximum Gasteiger partial charge on any atom is 0.375 e. The summed E-state index contributed by atoms with van der Waals surface area (Å²) < 4.78 is 10.5. The van der Waals surface area contributed by atoms with Gasteiger partial charge >= 0.3 is 5.97 Å². The number of rotatable bonds is 4. The van der Waals surface area contributed by atoms with Crippen LogP contribution in [0.15, 0.2) is 34.7 Å². The number of hydrogen-bond donors (Lipinski definition) is 1. The van der Waals surface area contributed by atoms with Crippen LogP contribution >= 0.6 is 23.2 Å². The van der Waals surface area contributed by atoms with Crippen LogP contribution in [0.3, 0.4) is 0 Å². The lowest BCUT2D eigenvalue weighted by Crippen LogP contribution is -2.22. The highest BCUT2D eigenvalue weighted by Gasteiger charge is 2.20. The molecule has 0 unspecified atom stereocenters. The van der Waals surface area contributed by atoms with E-state index < -0.39 is 18.5 Å². The Balaban J connectivity index is 1.66. The van der Waals surface area contributed by atoms with Crippen molar-refractivity contribution in [3.05, 3.63) is 57.4 Å². The van der Waals surface area contributed by atoms with Crippen molar-refractivity contribution in [1.82, 2.24) is 4.98 Å². The van der Waals surface area contributed by atoms with Crippen molar-refractivity contribution in [2.45, 2.75) is 13.8 Å². The van der Waals surface area contributed by atoms with Gasteiger partial charge in [0.15, 0.2) is 12.4 Å². The van der Waals surface area contributed by atoms with Crippen LogP contribution in [-0.2, 0) is 9.53 Å². The van der Waals surface area contributed by atoms with Crippen LogP contribution in [0.1, 0.15) is 21.8 Å². The average Bonchev–Trinajstić information content (AvgIpc) is 2.95. The molecule has 3 rings (SSSR count). The number of pyridine rings is 1. The number of nitrogens with one attached hydrogen (secondary N) is 1. The van der Waals surface area contributed by atoms with Gasteiger partial charge in [-0.3, -0.25) is 4.79 Å². The molecule has 3 aromatic rings. The maximum absolute atomic E-state index is 12.2. The highest BCUT2D eigenvalue weighted by Crippen LogP contribution is 2.26. The fourth-order valence-corrected chi connectivity index (χ4v) is 2.79. The lowest BCUT2D eigenvalue weighted by Gasteiger charge is -2.08. The fourth-order valence-electron chi connectivity index (χ4n) is 2.38. The molecule has 8 heteroatoms. The summed E-state index contributed by atoms with van der Waals surface area (Å²) in [5.74, 6) is -1.09. The first-order valence-electron chi connectivity index (χ1n) is 7.64. The number of para-hydroxylation sites is 1. The average molecular weight is 393 g/mol. The number of aromatic nitrogens is 1. The summed E-state index contributed by atoms with van der Waals surface area (Å²) >= 11 is 11.9. The molecule has 1 amide bonds. The van der Waals surface area contributed by atoms with Gasteiger partial charge in [-0.2, -0.15) is 0 Å². The van der Waals surface area contributed by atoms with E-state index in [1.807, 2.05) is 12.1 Å². The Kier molecular flexibility index (Phi) is 5.15. The molecule has 0 fully saturated rings. The number of carbonyl (C=O) groups excluding carboxylic acids is 2. The molecular formula is C18H14Cl2N2O4. The van der Waals surface area contributed by atoms with Gasteiger partial charge in [0.25, 0.3) is 5.91 Å². The summed E-state index contributed by atoms with van der Waals surface area (Å²) in [6.07, 6.45) is 0. The quantitative estimate of drug-likeness (QED) is 0.658. The van der Waals surface area contributed by atoms with E-state index >= 15 is 0 Å². The number of ether oxygens (including phenoxy) is 1. The lowest BCUT2D eigenvalue weighted by atomic mass is 10.1. The highest BCUT2D eigenvalue weighted by atomic mass is 35.5. The number of nitrogens with zero attached hydrogens (tertiary/aromatic N) is 1. The van der Waals surface area contributed by atoms with E-state index in [-0.39, 0.29) is 16.6 Å². The number of amides is 1. The molecule has 1 aromatic carbocycles. The van der Waals surface area contributed by atoms with Crippen LogP contribution in [-0.4, -0.2) is 23.5 Å². The van der Waals surface area contributed by atoms with Gasteiger partial charge in [-0.15, -0.1) is 0 Å². The van der Waals surface area contributed by atoms with Gasteiger partial charge in [0.05, 0.1) is 15.7 Å². The van der Waals surface area contributed by atoms with Crippen LogP contribution < -0.4 is 5.32 Å². The van der Waals surface area contributed by atoms with E-state index in [9.17, 15) is 9.59 Å². The molecule has 6 nitrogen and oxygen atoms in total. The van der Waals surface area contributed by atoms with E-state index in [0.29, 0.717) is 21.9 Å². The summed E-state index contributed by atoms with van der Waals surface area (Å²) in [4.78, 5) is 28.3. The second kappa shape index (κ2) is 7.35. The van der Waals surface area contributed by atoms with Crippen LogP contribution in [0.5, 0.6) is 0 Å². The second-order valence-electron chi connectivity index (χ2n) is 5.56. The van der Waals surface area contributed by atoms with Crippen molar-refractivity contribution in [2.24, 2.45) is 0 Å². The first-order chi connectivity index (χ1) is 12.4. The number of halogens is 2. The minimum absolute atomic E-state index is 0.0671. The summed E-state index contributed by atoms with van der Waals surface area (Å²) in [5.41, 5.74) is 1.75. The Morgan fingerprint density at radius 2 is 1.92 bits per heavy atom. The Morgan fingerprint density at radius 3 is 2.65 bits per heavy atom. The zero-order chi connectivity index (χ0) is 18.8. The van der Waals surface area contributed by atoms with E-state index in [1.54, 1.807) is 26.0 Å². The molecule has 0 radical (unpaired) electrons. The molecule has 26 heavy (non-hydrogen) atoms. The molecule has 2 aromatic heterocycles. The first kappa shape index (κ1) is 18.2. The molecule has 0 atom stereocenters. The summed E-state index contributed by atoms with van der Waals surface area (Å²) in [7, 11) is 0. The number of anilines is 1. The molecular weight excluding hydrogens is 379 g/mol. The second-order valence-corrected chi connectivity index (χ2v) is 6.38. The van der Waals surface area contributed by atoms with Crippen molar-refractivity contribution >= 4 is 51.9 Å². The van der Waals surface area contributed by atoms with E-state index in [4.69, 9.17) is 32.4 Å². The zero-order valence-electron chi connectivity index (χ0n) is 13.9. The Morgan fingerprint density at radius 1 is 1.19 bits per heavy atom. The molecule has 0 saturated heterocycles. The van der Waals surface area contributed by atoms with E-state index in [2.05, 4.69) is 10.3 Å². The number of benzene rings is 1. The van der Waals surface area contributed by atoms with Crippen molar-refractivity contribution in [3.63, 3.8) is 0 Å². The van der Waals surface area contributed by atoms with Gasteiger partial charge in [0.1, 0.15) is 5.58 Å². The third-order valence-electron chi connectivity index (χ3n) is 3.73. The number of aryl methyl sites for hydroxylation is 2. The van der Waals surface area contributed by atoms with Gasteiger partial charge in [-0.25, -0.2) is 9.78 Å². The zero-order valence-corrected chi connectivity index (χ0v) is 15.4. The maximum atomic E-state index is 12.2. The van der Waals surface area contributed by atoms with E-state index in [0.717, 1.165) is 5.39 Å². The minimum atomic E-state index is -0.722. The molecule has 1 N–H and O–H groups in total. The van der Waals surface area contributed by atoms with Gasteiger partial charge in [-0.05, 0) is 26.0 Å². The van der Waals surface area contributed by atoms with Gasteiger partial charge in [-0.1, -0.05) is 41.4 Å². The molecule has 2 heterocycles. The van der Waals surface area contributed by atoms with Crippen molar-refractivity contribution < 1.29 is 18.7 Å². The first-order valence-corrected chi connectivity index (χ1v) is 8.40. The minimum Gasteiger partial charge on any atom is -0.450 e. The monoisotopic (exact) mass is 392 g/mol. The largest absolute Gasteiger partial charge is 0.450 e.